The topological polar surface area (TPSA) is 46.6 Å². The average molecular weight is 359 g/mol. The van der Waals surface area contributed by atoms with E-state index >= 15 is 0 Å². The predicted octanol–water partition coefficient (Wildman–Crippen LogP) is 4.14. The maximum absolute atomic E-state index is 12.9. The van der Waals surface area contributed by atoms with Crippen molar-refractivity contribution in [3.63, 3.8) is 0 Å². The van der Waals surface area contributed by atoms with Gasteiger partial charge in [0, 0.05) is 0 Å². The van der Waals surface area contributed by atoms with E-state index in [9.17, 15) is 9.59 Å². The summed E-state index contributed by atoms with van der Waals surface area (Å²) in [5.74, 6) is 0.757. The van der Waals surface area contributed by atoms with Gasteiger partial charge in [0.1, 0.15) is 11.9 Å². The molecule has 3 aliphatic rings. The molecule has 0 spiro atoms. The quantitative estimate of drug-likeness (QED) is 0.609. The third-order valence-corrected chi connectivity index (χ3v) is 6.15. The van der Waals surface area contributed by atoms with Crippen LogP contribution in [0.1, 0.15) is 25.0 Å². The number of hydrogen-bond acceptors (Lipinski definition) is 3. The number of allylic oxidation sites excluding steroid dienone is 2. The molecule has 5 rings (SSSR count). The summed E-state index contributed by atoms with van der Waals surface area (Å²) in [6.45, 7) is 2.00. The zero-order valence-electron chi connectivity index (χ0n) is 15.1. The van der Waals surface area contributed by atoms with Gasteiger partial charge < -0.3 is 4.74 Å². The Hall–Kier alpha value is -2.88. The number of fused-ring (bicyclic) bond motifs is 5. The highest BCUT2D eigenvalue weighted by atomic mass is 16.5. The van der Waals surface area contributed by atoms with Crippen LogP contribution in [0.5, 0.6) is 5.75 Å². The van der Waals surface area contributed by atoms with Gasteiger partial charge in [0.2, 0.25) is 11.8 Å². The Balaban J connectivity index is 1.34. The first-order valence-corrected chi connectivity index (χ1v) is 9.51. The summed E-state index contributed by atoms with van der Waals surface area (Å²) in [6.07, 6.45) is 5.10. The Morgan fingerprint density at radius 1 is 0.889 bits per heavy atom. The summed E-state index contributed by atoms with van der Waals surface area (Å²) in [6, 6.07) is 17.3. The molecular weight excluding hydrogens is 338 g/mol. The van der Waals surface area contributed by atoms with Crippen LogP contribution in [-0.4, -0.2) is 11.8 Å². The fourth-order valence-corrected chi connectivity index (χ4v) is 4.83. The van der Waals surface area contributed by atoms with Crippen molar-refractivity contribution in [3.8, 4) is 5.75 Å². The van der Waals surface area contributed by atoms with Gasteiger partial charge in [-0.2, -0.15) is 0 Å². The minimum atomic E-state index is -0.165. The molecule has 0 aromatic heterocycles. The fourth-order valence-electron chi connectivity index (χ4n) is 4.83. The Morgan fingerprint density at radius 3 is 2.07 bits per heavy atom. The van der Waals surface area contributed by atoms with Crippen LogP contribution in [0.2, 0.25) is 0 Å². The van der Waals surface area contributed by atoms with Crippen molar-refractivity contribution < 1.29 is 14.3 Å². The predicted molar refractivity (Wildman–Crippen MR) is 102 cm³/mol. The molecule has 2 bridgehead atoms. The number of benzene rings is 2. The summed E-state index contributed by atoms with van der Waals surface area (Å²) < 4.78 is 5.99. The monoisotopic (exact) mass is 359 g/mol. The number of imide groups is 1. The van der Waals surface area contributed by atoms with E-state index in [1.165, 1.54) is 4.90 Å². The Bertz CT molecular complexity index is 888. The van der Waals surface area contributed by atoms with Crippen molar-refractivity contribution in [2.45, 2.75) is 19.4 Å². The van der Waals surface area contributed by atoms with Gasteiger partial charge in [-0.15, -0.1) is 0 Å². The van der Waals surface area contributed by atoms with E-state index in [1.54, 1.807) is 12.1 Å². The highest BCUT2D eigenvalue weighted by Crippen LogP contribution is 2.53. The lowest BCUT2D eigenvalue weighted by atomic mass is 9.85. The molecule has 4 heteroatoms. The van der Waals surface area contributed by atoms with Gasteiger partial charge >= 0.3 is 0 Å². The molecule has 1 heterocycles. The van der Waals surface area contributed by atoms with Crippen molar-refractivity contribution in [1.82, 2.24) is 0 Å². The van der Waals surface area contributed by atoms with Gasteiger partial charge in [0.15, 0.2) is 0 Å². The van der Waals surface area contributed by atoms with Gasteiger partial charge in [0.25, 0.3) is 0 Å². The van der Waals surface area contributed by atoms with E-state index in [1.807, 2.05) is 49.4 Å². The van der Waals surface area contributed by atoms with Crippen LogP contribution in [-0.2, 0) is 9.59 Å². The Kier molecular flexibility index (Phi) is 3.67. The standard InChI is InChI=1S/C23H21NO3/c1-14(15-5-3-2-4-6-15)27-19-11-9-18(10-12-19)24-22(25)20-16-7-8-17(13-16)21(20)23(24)26/h2-12,14,16-17,20-21H,13H2,1H3/t14-,16-,17-,20+,21+/m0/s1. The third-order valence-electron chi connectivity index (χ3n) is 6.15. The van der Waals surface area contributed by atoms with Gasteiger partial charge in [-0.3, -0.25) is 14.5 Å². The molecule has 1 saturated heterocycles. The van der Waals surface area contributed by atoms with E-state index in [-0.39, 0.29) is 41.6 Å². The first kappa shape index (κ1) is 16.3. The normalized spacial score (nSPS) is 29.3. The number of carbonyl (C=O) groups is 2. The number of carbonyl (C=O) groups excluding carboxylic acids is 2. The molecule has 0 unspecified atom stereocenters. The molecule has 2 aromatic carbocycles. The second-order valence-corrected chi connectivity index (χ2v) is 7.68. The number of ether oxygens (including phenoxy) is 1. The van der Waals surface area contributed by atoms with E-state index in [0.29, 0.717) is 5.69 Å². The van der Waals surface area contributed by atoms with Crippen LogP contribution < -0.4 is 9.64 Å². The Labute approximate surface area is 158 Å². The summed E-state index contributed by atoms with van der Waals surface area (Å²) in [5, 5.41) is 0. The molecular formula is C23H21NO3. The van der Waals surface area contributed by atoms with Crippen LogP contribution in [0.4, 0.5) is 5.69 Å². The molecule has 4 nitrogen and oxygen atoms in total. The molecule has 1 saturated carbocycles. The summed E-state index contributed by atoms with van der Waals surface area (Å²) in [5.41, 5.74) is 1.74. The minimum absolute atomic E-state index is 0.0480. The van der Waals surface area contributed by atoms with Crippen molar-refractivity contribution in [1.29, 1.82) is 0 Å². The number of hydrogen-bond donors (Lipinski definition) is 0. The van der Waals surface area contributed by atoms with E-state index in [4.69, 9.17) is 4.74 Å². The van der Waals surface area contributed by atoms with E-state index < -0.39 is 0 Å². The highest BCUT2D eigenvalue weighted by molar-refractivity contribution is 6.22. The summed E-state index contributed by atoms with van der Waals surface area (Å²) in [7, 11) is 0. The lowest BCUT2D eigenvalue weighted by molar-refractivity contribution is -0.123. The minimum Gasteiger partial charge on any atom is -0.486 e. The first-order chi connectivity index (χ1) is 13.1. The van der Waals surface area contributed by atoms with Gasteiger partial charge in [-0.1, -0.05) is 42.5 Å². The molecule has 5 atom stereocenters. The van der Waals surface area contributed by atoms with Crippen molar-refractivity contribution >= 4 is 17.5 Å². The number of anilines is 1. The number of amides is 2. The second-order valence-electron chi connectivity index (χ2n) is 7.68. The average Bonchev–Trinajstić information content (AvgIpc) is 3.37. The summed E-state index contributed by atoms with van der Waals surface area (Å²) >= 11 is 0. The third kappa shape index (κ3) is 2.51. The molecule has 27 heavy (non-hydrogen) atoms. The van der Waals surface area contributed by atoms with E-state index in [0.717, 1.165) is 17.7 Å². The summed E-state index contributed by atoms with van der Waals surface area (Å²) in [4.78, 5) is 27.1. The lowest BCUT2D eigenvalue weighted by Crippen LogP contribution is -2.32. The second kappa shape index (κ2) is 6.08. The zero-order valence-corrected chi connectivity index (χ0v) is 15.1. The van der Waals surface area contributed by atoms with Crippen molar-refractivity contribution in [2.75, 3.05) is 4.90 Å². The molecule has 2 aliphatic carbocycles. The van der Waals surface area contributed by atoms with Crippen LogP contribution in [0.15, 0.2) is 66.7 Å². The first-order valence-electron chi connectivity index (χ1n) is 9.51. The van der Waals surface area contributed by atoms with Crippen LogP contribution in [0.25, 0.3) is 0 Å². The van der Waals surface area contributed by atoms with Crippen LogP contribution >= 0.6 is 0 Å². The molecule has 2 fully saturated rings. The number of nitrogens with zero attached hydrogens (tertiary/aromatic N) is 1. The lowest BCUT2D eigenvalue weighted by Gasteiger charge is -2.19. The zero-order chi connectivity index (χ0) is 18.5. The molecule has 1 aliphatic heterocycles. The van der Waals surface area contributed by atoms with Gasteiger partial charge in [-0.25, -0.2) is 0 Å². The smallest absolute Gasteiger partial charge is 0.238 e. The molecule has 0 radical (unpaired) electrons. The fraction of sp³-hybridized carbons (Fsp3) is 0.304. The Morgan fingerprint density at radius 2 is 1.48 bits per heavy atom. The SMILES string of the molecule is C[C@H](Oc1ccc(N2C(=O)[C@H]3[C@H](C2=O)[C@H]2C=C[C@H]3C2)cc1)c1ccccc1. The van der Waals surface area contributed by atoms with Crippen molar-refractivity contribution in [2.24, 2.45) is 23.7 Å². The maximum atomic E-state index is 12.9. The van der Waals surface area contributed by atoms with Crippen LogP contribution in [0, 0.1) is 23.7 Å². The highest BCUT2D eigenvalue weighted by Gasteiger charge is 2.59. The van der Waals surface area contributed by atoms with Crippen LogP contribution in [0.3, 0.4) is 0 Å². The largest absolute Gasteiger partial charge is 0.486 e. The molecule has 2 amide bonds. The molecule has 136 valence electrons. The van der Waals surface area contributed by atoms with Gasteiger partial charge in [-0.05, 0) is 55.0 Å². The van der Waals surface area contributed by atoms with Crippen molar-refractivity contribution in [3.05, 3.63) is 72.3 Å². The molecule has 0 N–H and O–H groups in total. The molecule has 2 aromatic rings. The van der Waals surface area contributed by atoms with Gasteiger partial charge in [0.05, 0.1) is 17.5 Å². The number of rotatable bonds is 4. The van der Waals surface area contributed by atoms with E-state index in [2.05, 4.69) is 12.2 Å². The maximum Gasteiger partial charge on any atom is 0.238 e.